The van der Waals surface area contributed by atoms with Crippen LogP contribution in [0.15, 0.2) is 91.5 Å². The van der Waals surface area contributed by atoms with Crippen LogP contribution in [0.25, 0.3) is 33.2 Å². The summed E-state index contributed by atoms with van der Waals surface area (Å²) in [6.07, 6.45) is 4.84. The van der Waals surface area contributed by atoms with Crippen LogP contribution >= 0.6 is 0 Å². The number of nitrogens with zero attached hydrogens (tertiary/aromatic N) is 2. The summed E-state index contributed by atoms with van der Waals surface area (Å²) in [6.45, 7) is 3.86. The van der Waals surface area contributed by atoms with Crippen molar-refractivity contribution in [3.63, 3.8) is 0 Å². The highest BCUT2D eigenvalue weighted by Crippen LogP contribution is 2.37. The molecule has 0 amide bonds. The van der Waals surface area contributed by atoms with Crippen molar-refractivity contribution >= 4 is 10.8 Å². The third kappa shape index (κ3) is 3.81. The van der Waals surface area contributed by atoms with E-state index in [0.29, 0.717) is 5.56 Å². The molecule has 140 valence electrons. The maximum absolute atomic E-state index is 9.12. The van der Waals surface area contributed by atoms with Crippen molar-refractivity contribution in [2.24, 2.45) is 0 Å². The lowest BCUT2D eigenvalue weighted by molar-refractivity contribution is 0.823. The SMILES string of the molecule is C=CCCCc1nc(-c2ccc(C#N)cc2)c2ccccc2c1-c1ccccc1. The number of unbranched alkanes of at least 4 members (excludes halogenated alkanes) is 1. The Balaban J connectivity index is 1.97. The molecule has 4 rings (SSSR count). The molecule has 29 heavy (non-hydrogen) atoms. The van der Waals surface area contributed by atoms with Crippen molar-refractivity contribution < 1.29 is 0 Å². The normalized spacial score (nSPS) is 10.6. The summed E-state index contributed by atoms with van der Waals surface area (Å²) in [4.78, 5) is 5.16. The van der Waals surface area contributed by atoms with Crippen molar-refractivity contribution in [1.29, 1.82) is 5.26 Å². The van der Waals surface area contributed by atoms with Crippen LogP contribution < -0.4 is 0 Å². The van der Waals surface area contributed by atoms with E-state index in [-0.39, 0.29) is 0 Å². The average molecular weight is 374 g/mol. The molecular formula is C27H22N2. The van der Waals surface area contributed by atoms with E-state index in [9.17, 15) is 0 Å². The van der Waals surface area contributed by atoms with Gasteiger partial charge in [-0.1, -0.05) is 72.8 Å². The third-order valence-electron chi connectivity index (χ3n) is 5.16. The number of aryl methyl sites for hydroxylation is 1. The van der Waals surface area contributed by atoms with Gasteiger partial charge in [0.05, 0.1) is 17.3 Å². The highest BCUT2D eigenvalue weighted by Gasteiger charge is 2.16. The van der Waals surface area contributed by atoms with Crippen molar-refractivity contribution in [2.75, 3.05) is 0 Å². The van der Waals surface area contributed by atoms with Crippen molar-refractivity contribution in [3.05, 3.63) is 103 Å². The molecule has 0 N–H and O–H groups in total. The Labute approximate surface area is 171 Å². The van der Waals surface area contributed by atoms with Crippen LogP contribution in [0.2, 0.25) is 0 Å². The van der Waals surface area contributed by atoms with Gasteiger partial charge in [-0.05, 0) is 42.3 Å². The Morgan fingerprint density at radius 1 is 0.828 bits per heavy atom. The first-order valence-corrected chi connectivity index (χ1v) is 9.90. The summed E-state index contributed by atoms with van der Waals surface area (Å²) < 4.78 is 0. The van der Waals surface area contributed by atoms with Gasteiger partial charge in [-0.25, -0.2) is 0 Å². The molecule has 0 saturated heterocycles. The molecule has 2 heteroatoms. The third-order valence-corrected chi connectivity index (χ3v) is 5.16. The largest absolute Gasteiger partial charge is 0.252 e. The monoisotopic (exact) mass is 374 g/mol. The minimum absolute atomic E-state index is 0.658. The maximum Gasteiger partial charge on any atom is 0.0991 e. The van der Waals surface area contributed by atoms with E-state index >= 15 is 0 Å². The van der Waals surface area contributed by atoms with Gasteiger partial charge < -0.3 is 0 Å². The standard InChI is InChI=1S/C27H22N2/c1-2-3-5-14-25-26(21-10-6-4-7-11-21)23-12-8-9-13-24(23)27(29-25)22-17-15-20(19-28)16-18-22/h2,4,6-13,15-18H,1,3,5,14H2. The van der Waals surface area contributed by atoms with E-state index < -0.39 is 0 Å². The van der Waals surface area contributed by atoms with E-state index in [2.05, 4.69) is 61.2 Å². The zero-order chi connectivity index (χ0) is 20.1. The van der Waals surface area contributed by atoms with Gasteiger partial charge in [-0.2, -0.15) is 5.26 Å². The molecule has 0 unspecified atom stereocenters. The maximum atomic E-state index is 9.12. The minimum Gasteiger partial charge on any atom is -0.252 e. The molecule has 0 saturated carbocycles. The number of aromatic nitrogens is 1. The van der Waals surface area contributed by atoms with Gasteiger partial charge in [-0.3, -0.25) is 4.98 Å². The number of rotatable bonds is 6. The van der Waals surface area contributed by atoms with Crippen LogP contribution in [0, 0.1) is 11.3 Å². The minimum atomic E-state index is 0.658. The molecule has 1 heterocycles. The van der Waals surface area contributed by atoms with Gasteiger partial charge in [0.1, 0.15) is 0 Å². The van der Waals surface area contributed by atoms with E-state index in [1.807, 2.05) is 36.4 Å². The second kappa shape index (κ2) is 8.54. The number of hydrogen-bond acceptors (Lipinski definition) is 2. The zero-order valence-electron chi connectivity index (χ0n) is 16.3. The molecule has 2 nitrogen and oxygen atoms in total. The van der Waals surface area contributed by atoms with Crippen LogP contribution in [0.1, 0.15) is 24.1 Å². The summed E-state index contributed by atoms with van der Waals surface area (Å²) in [6, 6.07) is 28.8. The summed E-state index contributed by atoms with van der Waals surface area (Å²) in [5.74, 6) is 0. The fraction of sp³-hybridized carbons (Fsp3) is 0.111. The van der Waals surface area contributed by atoms with Gasteiger partial charge in [0.2, 0.25) is 0 Å². The summed E-state index contributed by atoms with van der Waals surface area (Å²) in [5, 5.41) is 11.5. The molecule has 0 spiro atoms. The van der Waals surface area contributed by atoms with Gasteiger partial charge in [0.25, 0.3) is 0 Å². The molecule has 0 aliphatic rings. The highest BCUT2D eigenvalue weighted by atomic mass is 14.7. The number of fused-ring (bicyclic) bond motifs is 1. The van der Waals surface area contributed by atoms with E-state index in [1.165, 1.54) is 16.5 Å². The lowest BCUT2D eigenvalue weighted by atomic mass is 9.92. The van der Waals surface area contributed by atoms with Crippen LogP contribution in [0.5, 0.6) is 0 Å². The fourth-order valence-electron chi connectivity index (χ4n) is 3.76. The molecule has 1 aromatic heterocycles. The molecule has 0 aliphatic carbocycles. The van der Waals surface area contributed by atoms with Crippen LogP contribution in [0.4, 0.5) is 0 Å². The average Bonchev–Trinajstić information content (AvgIpc) is 2.79. The topological polar surface area (TPSA) is 36.7 Å². The second-order valence-corrected chi connectivity index (χ2v) is 7.06. The molecule has 0 aliphatic heterocycles. The number of nitriles is 1. The van der Waals surface area contributed by atoms with Gasteiger partial charge in [0.15, 0.2) is 0 Å². The van der Waals surface area contributed by atoms with Gasteiger partial charge in [-0.15, -0.1) is 6.58 Å². The molecule has 4 aromatic rings. The van der Waals surface area contributed by atoms with Gasteiger partial charge in [0, 0.05) is 22.2 Å². The number of allylic oxidation sites excluding steroid dienone is 1. The first-order chi connectivity index (χ1) is 14.3. The molecular weight excluding hydrogens is 352 g/mol. The van der Waals surface area contributed by atoms with Crippen molar-refractivity contribution in [2.45, 2.75) is 19.3 Å². The molecule has 0 atom stereocenters. The van der Waals surface area contributed by atoms with Crippen LogP contribution in [-0.2, 0) is 6.42 Å². The van der Waals surface area contributed by atoms with Crippen molar-refractivity contribution in [1.82, 2.24) is 4.98 Å². The lowest BCUT2D eigenvalue weighted by Crippen LogP contribution is -2.00. The first kappa shape index (κ1) is 18.7. The Hall–Kier alpha value is -3.70. The number of hydrogen-bond donors (Lipinski definition) is 0. The Bertz CT molecular complexity index is 1180. The highest BCUT2D eigenvalue weighted by molar-refractivity contribution is 6.04. The predicted octanol–water partition coefficient (Wildman–Crippen LogP) is 6.95. The molecule has 0 bridgehead atoms. The predicted molar refractivity (Wildman–Crippen MR) is 120 cm³/mol. The quantitative estimate of drug-likeness (QED) is 0.270. The summed E-state index contributed by atoms with van der Waals surface area (Å²) >= 11 is 0. The second-order valence-electron chi connectivity index (χ2n) is 7.06. The van der Waals surface area contributed by atoms with E-state index in [0.717, 1.165) is 41.6 Å². The van der Waals surface area contributed by atoms with E-state index in [4.69, 9.17) is 10.2 Å². The Kier molecular flexibility index (Phi) is 5.49. The molecule has 0 radical (unpaired) electrons. The van der Waals surface area contributed by atoms with E-state index in [1.54, 1.807) is 0 Å². The number of pyridine rings is 1. The zero-order valence-corrected chi connectivity index (χ0v) is 16.3. The lowest BCUT2D eigenvalue weighted by Gasteiger charge is -2.16. The first-order valence-electron chi connectivity index (χ1n) is 9.90. The number of benzene rings is 3. The Morgan fingerprint density at radius 2 is 1.52 bits per heavy atom. The smallest absolute Gasteiger partial charge is 0.0991 e. The van der Waals surface area contributed by atoms with Crippen LogP contribution in [-0.4, -0.2) is 4.98 Å². The van der Waals surface area contributed by atoms with Crippen molar-refractivity contribution in [3.8, 4) is 28.5 Å². The summed E-state index contributed by atoms with van der Waals surface area (Å²) in [5.41, 5.74) is 6.17. The van der Waals surface area contributed by atoms with Gasteiger partial charge >= 0.3 is 0 Å². The summed E-state index contributed by atoms with van der Waals surface area (Å²) in [7, 11) is 0. The Morgan fingerprint density at radius 3 is 2.21 bits per heavy atom. The molecule has 3 aromatic carbocycles. The van der Waals surface area contributed by atoms with Crippen LogP contribution in [0.3, 0.4) is 0 Å². The molecule has 0 fully saturated rings. The fourth-order valence-corrected chi connectivity index (χ4v) is 3.76.